The molecule has 3 aromatic rings. The Labute approximate surface area is 186 Å². The molecule has 0 saturated heterocycles. The van der Waals surface area contributed by atoms with Gasteiger partial charge in [-0.05, 0) is 30.7 Å². The van der Waals surface area contributed by atoms with E-state index in [9.17, 15) is 19.3 Å². The van der Waals surface area contributed by atoms with Crippen molar-refractivity contribution in [2.45, 2.75) is 20.0 Å². The molecule has 9 nitrogen and oxygen atoms in total. The topological polar surface area (TPSA) is 116 Å². The number of halogens is 1. The van der Waals surface area contributed by atoms with Crippen molar-refractivity contribution in [3.63, 3.8) is 0 Å². The zero-order chi connectivity index (χ0) is 22.9. The van der Waals surface area contributed by atoms with Crippen LogP contribution in [-0.4, -0.2) is 28.7 Å². The number of carbonyl (C=O) groups excluding carboxylic acids is 1. The van der Waals surface area contributed by atoms with Crippen LogP contribution in [0.4, 0.5) is 15.2 Å². The predicted molar refractivity (Wildman–Crippen MR) is 117 cm³/mol. The lowest BCUT2D eigenvalue weighted by molar-refractivity contribution is -0.384. The van der Waals surface area contributed by atoms with E-state index < -0.39 is 4.92 Å². The lowest BCUT2D eigenvalue weighted by Crippen LogP contribution is -2.07. The highest BCUT2D eigenvalue weighted by atomic mass is 32.1. The van der Waals surface area contributed by atoms with Gasteiger partial charge in [0, 0.05) is 23.1 Å². The molecule has 32 heavy (non-hydrogen) atoms. The van der Waals surface area contributed by atoms with E-state index in [1.54, 1.807) is 24.4 Å². The maximum atomic E-state index is 13.4. The first kappa shape index (κ1) is 22.8. The molecule has 11 heteroatoms. The summed E-state index contributed by atoms with van der Waals surface area (Å²) < 4.78 is 24.0. The van der Waals surface area contributed by atoms with E-state index in [0.29, 0.717) is 34.3 Å². The summed E-state index contributed by atoms with van der Waals surface area (Å²) in [5, 5.41) is 17.3. The monoisotopic (exact) mass is 458 g/mol. The molecule has 1 heterocycles. The molecule has 0 spiro atoms. The van der Waals surface area contributed by atoms with Gasteiger partial charge in [0.2, 0.25) is 5.13 Å². The molecule has 0 aliphatic rings. The Bertz CT molecular complexity index is 1130. The summed E-state index contributed by atoms with van der Waals surface area (Å²) in [6, 6.07) is 10.0. The van der Waals surface area contributed by atoms with Crippen LogP contribution in [0.5, 0.6) is 5.75 Å². The highest BCUT2D eigenvalue weighted by Gasteiger charge is 2.12. The molecule has 0 radical (unpaired) electrons. The summed E-state index contributed by atoms with van der Waals surface area (Å²) >= 11 is 1.25. The van der Waals surface area contributed by atoms with Gasteiger partial charge in [0.15, 0.2) is 0 Å². The number of anilines is 1. The molecule has 0 saturated carbocycles. The molecule has 0 aliphatic heterocycles. The molecule has 0 bridgehead atoms. The SMILES string of the molecule is CCOC(=O)Cc1csc(NN=Cc2cc([N+](=O)[O-])ccc2OCc2cccc(F)c2)n1. The zero-order valence-corrected chi connectivity index (χ0v) is 17.8. The summed E-state index contributed by atoms with van der Waals surface area (Å²) in [4.78, 5) is 26.4. The van der Waals surface area contributed by atoms with Gasteiger partial charge in [0.05, 0.1) is 29.9 Å². The first-order valence-electron chi connectivity index (χ1n) is 9.49. The standard InChI is InChI=1S/C21H19FN4O5S/c1-2-30-20(27)10-17-13-32-21(24-17)25-23-11-15-9-18(26(28)29)6-7-19(15)31-12-14-4-3-5-16(22)8-14/h3-9,11,13H,2,10,12H2,1H3,(H,24,25). The van der Waals surface area contributed by atoms with Crippen molar-refractivity contribution in [3.8, 4) is 5.75 Å². The Balaban J connectivity index is 1.70. The second kappa shape index (κ2) is 11.0. The molecule has 0 amide bonds. The second-order valence-corrected chi connectivity index (χ2v) is 7.25. The van der Waals surface area contributed by atoms with Gasteiger partial charge in [-0.2, -0.15) is 5.10 Å². The number of rotatable bonds is 10. The van der Waals surface area contributed by atoms with Crippen LogP contribution >= 0.6 is 11.3 Å². The molecular formula is C21H19FN4O5S. The molecule has 0 atom stereocenters. The summed E-state index contributed by atoms with van der Waals surface area (Å²) in [6.07, 6.45) is 1.42. The highest BCUT2D eigenvalue weighted by molar-refractivity contribution is 7.13. The van der Waals surface area contributed by atoms with Gasteiger partial charge in [0.25, 0.3) is 5.69 Å². The normalized spacial score (nSPS) is 10.8. The third-order valence-electron chi connectivity index (χ3n) is 4.03. The second-order valence-electron chi connectivity index (χ2n) is 6.39. The number of nitro benzene ring substituents is 1. The van der Waals surface area contributed by atoms with Gasteiger partial charge in [-0.15, -0.1) is 11.3 Å². The van der Waals surface area contributed by atoms with Crippen LogP contribution in [0.25, 0.3) is 0 Å². The predicted octanol–water partition coefficient (Wildman–Crippen LogP) is 4.32. The average Bonchev–Trinajstić information content (AvgIpc) is 3.19. The summed E-state index contributed by atoms with van der Waals surface area (Å²) in [6.45, 7) is 2.10. The van der Waals surface area contributed by atoms with Gasteiger partial charge in [-0.1, -0.05) is 12.1 Å². The van der Waals surface area contributed by atoms with Gasteiger partial charge in [0.1, 0.15) is 18.2 Å². The molecule has 3 rings (SSSR count). The number of nitro groups is 1. The van der Waals surface area contributed by atoms with Crippen molar-refractivity contribution in [2.75, 3.05) is 12.0 Å². The highest BCUT2D eigenvalue weighted by Crippen LogP contribution is 2.24. The Hall–Kier alpha value is -3.86. The number of nitrogens with zero attached hydrogens (tertiary/aromatic N) is 3. The van der Waals surface area contributed by atoms with Crippen molar-refractivity contribution in [1.29, 1.82) is 0 Å². The lowest BCUT2D eigenvalue weighted by Gasteiger charge is -2.09. The van der Waals surface area contributed by atoms with E-state index >= 15 is 0 Å². The maximum Gasteiger partial charge on any atom is 0.311 e. The van der Waals surface area contributed by atoms with Crippen molar-refractivity contribution in [3.05, 3.63) is 80.6 Å². The Morgan fingerprint density at radius 3 is 2.94 bits per heavy atom. The van der Waals surface area contributed by atoms with Crippen LogP contribution in [0.3, 0.4) is 0 Å². The number of benzene rings is 2. The quantitative estimate of drug-likeness (QED) is 0.208. The van der Waals surface area contributed by atoms with Gasteiger partial charge < -0.3 is 9.47 Å². The number of hydrogen-bond acceptors (Lipinski definition) is 9. The number of non-ortho nitro benzene ring substituents is 1. The minimum atomic E-state index is -0.524. The third-order valence-corrected chi connectivity index (χ3v) is 4.83. The van der Waals surface area contributed by atoms with E-state index in [4.69, 9.17) is 9.47 Å². The molecule has 0 fully saturated rings. The smallest absolute Gasteiger partial charge is 0.311 e. The molecule has 1 aromatic heterocycles. The van der Waals surface area contributed by atoms with E-state index in [-0.39, 0.29) is 30.5 Å². The fourth-order valence-electron chi connectivity index (χ4n) is 2.63. The number of nitrogens with one attached hydrogen (secondary N) is 1. The number of hydrazone groups is 1. The Morgan fingerprint density at radius 1 is 1.34 bits per heavy atom. The lowest BCUT2D eigenvalue weighted by atomic mass is 10.2. The first-order chi connectivity index (χ1) is 15.4. The molecule has 0 unspecified atom stereocenters. The molecule has 2 aromatic carbocycles. The fourth-order valence-corrected chi connectivity index (χ4v) is 3.29. The van der Waals surface area contributed by atoms with Gasteiger partial charge >= 0.3 is 5.97 Å². The van der Waals surface area contributed by atoms with Crippen molar-refractivity contribution < 1.29 is 23.6 Å². The number of aromatic nitrogens is 1. The third kappa shape index (κ3) is 6.57. The van der Waals surface area contributed by atoms with Crippen LogP contribution in [0.2, 0.25) is 0 Å². The summed E-state index contributed by atoms with van der Waals surface area (Å²) in [5.74, 6) is -0.413. The van der Waals surface area contributed by atoms with Gasteiger partial charge in [-0.3, -0.25) is 20.3 Å². The summed E-state index contributed by atoms with van der Waals surface area (Å²) in [7, 11) is 0. The number of carbonyl (C=O) groups is 1. The summed E-state index contributed by atoms with van der Waals surface area (Å²) in [5.41, 5.74) is 4.10. The Kier molecular flexibility index (Phi) is 7.81. The molecule has 1 N–H and O–H groups in total. The van der Waals surface area contributed by atoms with E-state index in [1.165, 1.54) is 47.9 Å². The van der Waals surface area contributed by atoms with E-state index in [0.717, 1.165) is 0 Å². The fraction of sp³-hybridized carbons (Fsp3) is 0.190. The minimum Gasteiger partial charge on any atom is -0.488 e. The number of thiazole rings is 1. The van der Waals surface area contributed by atoms with Crippen LogP contribution < -0.4 is 10.2 Å². The molecular weight excluding hydrogens is 439 g/mol. The maximum absolute atomic E-state index is 13.4. The number of esters is 1. The van der Waals surface area contributed by atoms with Crippen LogP contribution in [0.15, 0.2) is 52.9 Å². The minimum absolute atomic E-state index is 0.0542. The zero-order valence-electron chi connectivity index (χ0n) is 17.0. The van der Waals surface area contributed by atoms with Crippen LogP contribution in [-0.2, 0) is 22.6 Å². The largest absolute Gasteiger partial charge is 0.488 e. The van der Waals surface area contributed by atoms with E-state index in [1.807, 2.05) is 0 Å². The van der Waals surface area contributed by atoms with Crippen molar-refractivity contribution in [1.82, 2.24) is 4.98 Å². The van der Waals surface area contributed by atoms with Crippen molar-refractivity contribution in [2.24, 2.45) is 5.10 Å². The first-order valence-corrected chi connectivity index (χ1v) is 10.4. The average molecular weight is 458 g/mol. The number of hydrogen-bond donors (Lipinski definition) is 1. The molecule has 166 valence electrons. The number of ether oxygens (including phenoxy) is 2. The van der Waals surface area contributed by atoms with Crippen molar-refractivity contribution >= 4 is 34.3 Å². The van der Waals surface area contributed by atoms with Crippen LogP contribution in [0.1, 0.15) is 23.7 Å². The Morgan fingerprint density at radius 2 is 2.19 bits per heavy atom. The van der Waals surface area contributed by atoms with Gasteiger partial charge in [-0.25, -0.2) is 9.37 Å². The molecule has 0 aliphatic carbocycles. The van der Waals surface area contributed by atoms with E-state index in [2.05, 4.69) is 15.5 Å². The van der Waals surface area contributed by atoms with Crippen LogP contribution in [0, 0.1) is 15.9 Å².